The van der Waals surface area contributed by atoms with Crippen molar-refractivity contribution < 1.29 is 18.4 Å². The van der Waals surface area contributed by atoms with E-state index in [4.69, 9.17) is 0 Å². The molecule has 1 atom stereocenters. The van der Waals surface area contributed by atoms with Gasteiger partial charge in [-0.2, -0.15) is 0 Å². The number of rotatable bonds is 6. The van der Waals surface area contributed by atoms with Crippen molar-refractivity contribution in [2.75, 3.05) is 13.1 Å². The van der Waals surface area contributed by atoms with Crippen molar-refractivity contribution in [1.29, 1.82) is 0 Å². The maximum atomic E-state index is 13.2. The highest BCUT2D eigenvalue weighted by molar-refractivity contribution is 5.92. The van der Waals surface area contributed by atoms with E-state index in [1.165, 1.54) is 12.3 Å². The molecule has 1 aliphatic rings. The van der Waals surface area contributed by atoms with E-state index < -0.39 is 11.6 Å². The SMILES string of the molecule is Cc1cnc(C(=O)N2CCC[C@@H](CCC(=O)NCc3ccc(F)c(F)c3)C2)cn1. The third-order valence-corrected chi connectivity index (χ3v) is 5.06. The van der Waals surface area contributed by atoms with Gasteiger partial charge in [0.05, 0.1) is 11.9 Å². The van der Waals surface area contributed by atoms with Gasteiger partial charge in [0.2, 0.25) is 5.91 Å². The number of piperidine rings is 1. The molecule has 29 heavy (non-hydrogen) atoms. The van der Waals surface area contributed by atoms with Crippen molar-refractivity contribution in [2.24, 2.45) is 5.92 Å². The molecule has 6 nitrogen and oxygen atoms in total. The lowest BCUT2D eigenvalue weighted by atomic mass is 9.93. The maximum absolute atomic E-state index is 13.2. The summed E-state index contributed by atoms with van der Waals surface area (Å²) >= 11 is 0. The number of hydrogen-bond donors (Lipinski definition) is 1. The smallest absolute Gasteiger partial charge is 0.274 e. The van der Waals surface area contributed by atoms with E-state index in [9.17, 15) is 18.4 Å². The normalized spacial score (nSPS) is 16.5. The zero-order valence-electron chi connectivity index (χ0n) is 16.3. The van der Waals surface area contributed by atoms with E-state index in [1.54, 1.807) is 11.1 Å². The van der Waals surface area contributed by atoms with Gasteiger partial charge in [0, 0.05) is 32.3 Å². The molecule has 1 aromatic heterocycles. The number of amides is 2. The van der Waals surface area contributed by atoms with Crippen molar-refractivity contribution >= 4 is 11.8 Å². The Hall–Kier alpha value is -2.90. The average molecular weight is 402 g/mol. The standard InChI is InChI=1S/C21H24F2N4O2/c1-14-10-25-19(12-24-14)21(29)27-8-2-3-15(13-27)5-7-20(28)26-11-16-4-6-17(22)18(23)9-16/h4,6,9-10,12,15H,2-3,5,7-8,11,13H2,1H3,(H,26,28)/t15-/m0/s1. The molecule has 0 aliphatic carbocycles. The Morgan fingerprint density at radius 2 is 2.03 bits per heavy atom. The van der Waals surface area contributed by atoms with Gasteiger partial charge in [-0.15, -0.1) is 0 Å². The molecule has 2 heterocycles. The van der Waals surface area contributed by atoms with E-state index in [0.717, 1.165) is 30.7 Å². The van der Waals surface area contributed by atoms with Crippen molar-refractivity contribution in [1.82, 2.24) is 20.2 Å². The van der Waals surface area contributed by atoms with Crippen LogP contribution in [0.5, 0.6) is 0 Å². The number of nitrogens with zero attached hydrogens (tertiary/aromatic N) is 3. The minimum atomic E-state index is -0.929. The highest BCUT2D eigenvalue weighted by atomic mass is 19.2. The summed E-state index contributed by atoms with van der Waals surface area (Å²) in [5, 5.41) is 2.72. The zero-order valence-corrected chi connectivity index (χ0v) is 16.3. The molecular weight excluding hydrogens is 378 g/mol. The summed E-state index contributed by atoms with van der Waals surface area (Å²) in [6.45, 7) is 3.23. The third kappa shape index (κ3) is 5.79. The van der Waals surface area contributed by atoms with Crippen molar-refractivity contribution in [3.05, 3.63) is 59.2 Å². The first-order valence-corrected chi connectivity index (χ1v) is 9.71. The second-order valence-corrected chi connectivity index (χ2v) is 7.37. The first kappa shape index (κ1) is 20.8. The monoisotopic (exact) mass is 402 g/mol. The lowest BCUT2D eigenvalue weighted by molar-refractivity contribution is -0.121. The summed E-state index contributed by atoms with van der Waals surface area (Å²) in [6.07, 6.45) is 5.89. The van der Waals surface area contributed by atoms with Crippen LogP contribution in [0.2, 0.25) is 0 Å². The number of likely N-dealkylation sites (tertiary alicyclic amines) is 1. The summed E-state index contributed by atoms with van der Waals surface area (Å²) in [4.78, 5) is 34.7. The number of aryl methyl sites for hydroxylation is 1. The van der Waals surface area contributed by atoms with Gasteiger partial charge in [-0.05, 0) is 49.8 Å². The summed E-state index contributed by atoms with van der Waals surface area (Å²) in [5.74, 6) is -1.89. The number of hydrogen-bond acceptors (Lipinski definition) is 4. The Balaban J connectivity index is 1.45. The molecular formula is C21H24F2N4O2. The molecule has 1 aromatic carbocycles. The Labute approximate surface area is 168 Å². The Morgan fingerprint density at radius 3 is 2.76 bits per heavy atom. The van der Waals surface area contributed by atoms with Crippen LogP contribution in [-0.4, -0.2) is 39.8 Å². The van der Waals surface area contributed by atoms with E-state index >= 15 is 0 Å². The van der Waals surface area contributed by atoms with E-state index in [-0.39, 0.29) is 24.3 Å². The highest BCUT2D eigenvalue weighted by Crippen LogP contribution is 2.22. The first-order valence-electron chi connectivity index (χ1n) is 9.71. The highest BCUT2D eigenvalue weighted by Gasteiger charge is 2.25. The summed E-state index contributed by atoms with van der Waals surface area (Å²) in [6, 6.07) is 3.56. The fourth-order valence-corrected chi connectivity index (χ4v) is 3.42. The molecule has 0 saturated carbocycles. The molecule has 1 saturated heterocycles. The molecule has 2 aromatic rings. The van der Waals surface area contributed by atoms with Gasteiger partial charge in [-0.3, -0.25) is 14.6 Å². The molecule has 8 heteroatoms. The predicted molar refractivity (Wildman–Crippen MR) is 103 cm³/mol. The van der Waals surface area contributed by atoms with Gasteiger partial charge < -0.3 is 10.2 Å². The lowest BCUT2D eigenvalue weighted by Crippen LogP contribution is -2.40. The number of halogens is 2. The summed E-state index contributed by atoms with van der Waals surface area (Å²) in [5.41, 5.74) is 1.60. The van der Waals surface area contributed by atoms with Crippen LogP contribution in [0.3, 0.4) is 0 Å². The minimum absolute atomic E-state index is 0.134. The molecule has 0 radical (unpaired) electrons. The molecule has 1 aliphatic heterocycles. The van der Waals surface area contributed by atoms with Gasteiger partial charge in [-0.1, -0.05) is 6.07 Å². The summed E-state index contributed by atoms with van der Waals surface area (Å²) < 4.78 is 26.2. The second kappa shape index (κ2) is 9.54. The van der Waals surface area contributed by atoms with Crippen molar-refractivity contribution in [3.8, 4) is 0 Å². The molecule has 2 amide bonds. The Kier molecular flexibility index (Phi) is 6.85. The van der Waals surface area contributed by atoms with Crippen LogP contribution in [0.1, 0.15) is 47.4 Å². The summed E-state index contributed by atoms with van der Waals surface area (Å²) in [7, 11) is 0. The molecule has 1 N–H and O–H groups in total. The van der Waals surface area contributed by atoms with Crippen molar-refractivity contribution in [3.63, 3.8) is 0 Å². The zero-order chi connectivity index (χ0) is 20.8. The van der Waals surface area contributed by atoms with Crippen LogP contribution in [0, 0.1) is 24.5 Å². The molecule has 154 valence electrons. The maximum Gasteiger partial charge on any atom is 0.274 e. The van der Waals surface area contributed by atoms with Crippen LogP contribution >= 0.6 is 0 Å². The average Bonchev–Trinajstić information content (AvgIpc) is 2.73. The third-order valence-electron chi connectivity index (χ3n) is 5.06. The van der Waals surface area contributed by atoms with Gasteiger partial charge in [0.25, 0.3) is 5.91 Å². The van der Waals surface area contributed by atoms with Crippen LogP contribution in [0.15, 0.2) is 30.6 Å². The largest absolute Gasteiger partial charge is 0.352 e. The molecule has 0 bridgehead atoms. The Morgan fingerprint density at radius 1 is 1.21 bits per heavy atom. The topological polar surface area (TPSA) is 75.2 Å². The van der Waals surface area contributed by atoms with Gasteiger partial charge in [0.1, 0.15) is 5.69 Å². The number of carbonyl (C=O) groups excluding carboxylic acids is 2. The Bertz CT molecular complexity index is 873. The molecule has 1 fully saturated rings. The number of benzene rings is 1. The first-order chi connectivity index (χ1) is 13.9. The van der Waals surface area contributed by atoms with Crippen LogP contribution in [0.4, 0.5) is 8.78 Å². The minimum Gasteiger partial charge on any atom is -0.352 e. The molecule has 3 rings (SSSR count). The van der Waals surface area contributed by atoms with Gasteiger partial charge in [0.15, 0.2) is 11.6 Å². The fourth-order valence-electron chi connectivity index (χ4n) is 3.42. The number of nitrogens with one attached hydrogen (secondary N) is 1. The van der Waals surface area contributed by atoms with Crippen LogP contribution < -0.4 is 5.32 Å². The van der Waals surface area contributed by atoms with E-state index in [2.05, 4.69) is 15.3 Å². The lowest BCUT2D eigenvalue weighted by Gasteiger charge is -2.32. The molecule has 0 unspecified atom stereocenters. The number of aromatic nitrogens is 2. The van der Waals surface area contributed by atoms with Crippen LogP contribution in [-0.2, 0) is 11.3 Å². The van der Waals surface area contributed by atoms with Gasteiger partial charge in [-0.25, -0.2) is 13.8 Å². The number of carbonyl (C=O) groups is 2. The quantitative estimate of drug-likeness (QED) is 0.806. The fraction of sp³-hybridized carbons (Fsp3) is 0.429. The predicted octanol–water partition coefficient (Wildman–Crippen LogP) is 3.01. The van der Waals surface area contributed by atoms with E-state index in [1.807, 2.05) is 6.92 Å². The van der Waals surface area contributed by atoms with E-state index in [0.29, 0.717) is 37.2 Å². The molecule has 0 spiro atoms. The van der Waals surface area contributed by atoms with Gasteiger partial charge >= 0.3 is 0 Å². The van der Waals surface area contributed by atoms with Crippen LogP contribution in [0.25, 0.3) is 0 Å². The van der Waals surface area contributed by atoms with Crippen molar-refractivity contribution in [2.45, 2.75) is 39.2 Å². The second-order valence-electron chi connectivity index (χ2n) is 7.37.